The molecule has 0 spiro atoms. The van der Waals surface area contributed by atoms with Gasteiger partial charge < -0.3 is 10.4 Å². The predicted octanol–water partition coefficient (Wildman–Crippen LogP) is 0.696. The van der Waals surface area contributed by atoms with E-state index in [2.05, 4.69) is 5.32 Å². The van der Waals surface area contributed by atoms with Gasteiger partial charge in [-0.25, -0.2) is 12.8 Å². The lowest BCUT2D eigenvalue weighted by atomic mass is 10.2. The first-order valence-corrected chi connectivity index (χ1v) is 7.15. The number of amides is 1. The normalized spacial score (nSPS) is 11.2. The number of nitrogens with one attached hydrogen (secondary N) is 1. The van der Waals surface area contributed by atoms with Crippen molar-refractivity contribution in [1.82, 2.24) is 5.32 Å². The lowest BCUT2D eigenvalue weighted by Crippen LogP contribution is -2.30. The first-order chi connectivity index (χ1) is 8.37. The molecule has 0 unspecified atom stereocenters. The van der Waals surface area contributed by atoms with Gasteiger partial charge in [0.15, 0.2) is 9.84 Å². The quantitative estimate of drug-likeness (QED) is 0.828. The molecule has 100 valence electrons. The summed E-state index contributed by atoms with van der Waals surface area (Å²) in [6.07, 6.45) is 0. The second kappa shape index (κ2) is 5.81. The number of sulfone groups is 1. The SMILES string of the molecule is CCS(=O)(=O)CCNC(=O)c1c(O)cccc1F. The Bertz CT molecular complexity index is 522. The molecule has 1 aromatic carbocycles. The zero-order chi connectivity index (χ0) is 13.8. The highest BCUT2D eigenvalue weighted by molar-refractivity contribution is 7.91. The number of phenols is 1. The van der Waals surface area contributed by atoms with Gasteiger partial charge in [0.2, 0.25) is 0 Å². The highest BCUT2D eigenvalue weighted by Crippen LogP contribution is 2.19. The van der Waals surface area contributed by atoms with Gasteiger partial charge >= 0.3 is 0 Å². The molecule has 0 heterocycles. The van der Waals surface area contributed by atoms with Crippen molar-refractivity contribution in [3.05, 3.63) is 29.6 Å². The third kappa shape index (κ3) is 3.69. The zero-order valence-electron chi connectivity index (χ0n) is 9.81. The smallest absolute Gasteiger partial charge is 0.258 e. The van der Waals surface area contributed by atoms with E-state index in [1.165, 1.54) is 19.1 Å². The van der Waals surface area contributed by atoms with Crippen molar-refractivity contribution < 1.29 is 22.7 Å². The second-order valence-corrected chi connectivity index (χ2v) is 6.10. The Hall–Kier alpha value is -1.63. The lowest BCUT2D eigenvalue weighted by Gasteiger charge is -2.07. The Kier molecular flexibility index (Phi) is 4.66. The Morgan fingerprint density at radius 3 is 2.67 bits per heavy atom. The third-order valence-corrected chi connectivity index (χ3v) is 4.06. The molecule has 1 rings (SSSR count). The number of phenolic OH excluding ortho intramolecular Hbond substituents is 1. The average Bonchev–Trinajstić information content (AvgIpc) is 2.28. The minimum absolute atomic E-state index is 0.0200. The second-order valence-electron chi connectivity index (χ2n) is 3.63. The fraction of sp³-hybridized carbons (Fsp3) is 0.364. The van der Waals surface area contributed by atoms with E-state index >= 15 is 0 Å². The summed E-state index contributed by atoms with van der Waals surface area (Å²) in [5, 5.41) is 11.6. The molecule has 0 aliphatic carbocycles. The summed E-state index contributed by atoms with van der Waals surface area (Å²) >= 11 is 0. The Balaban J connectivity index is 2.67. The van der Waals surface area contributed by atoms with Crippen LogP contribution in [0.15, 0.2) is 18.2 Å². The van der Waals surface area contributed by atoms with E-state index < -0.39 is 32.9 Å². The van der Waals surface area contributed by atoms with Gasteiger partial charge in [0.05, 0.1) is 5.75 Å². The zero-order valence-corrected chi connectivity index (χ0v) is 10.6. The average molecular weight is 275 g/mol. The van der Waals surface area contributed by atoms with Gasteiger partial charge in [0.25, 0.3) is 5.91 Å². The summed E-state index contributed by atoms with van der Waals surface area (Å²) in [4.78, 5) is 11.6. The summed E-state index contributed by atoms with van der Waals surface area (Å²) in [7, 11) is -3.19. The van der Waals surface area contributed by atoms with Crippen molar-refractivity contribution in [3.63, 3.8) is 0 Å². The fourth-order valence-corrected chi connectivity index (χ4v) is 1.99. The first-order valence-electron chi connectivity index (χ1n) is 5.33. The molecule has 5 nitrogen and oxygen atoms in total. The topological polar surface area (TPSA) is 83.5 Å². The largest absolute Gasteiger partial charge is 0.507 e. The van der Waals surface area contributed by atoms with Crippen LogP contribution < -0.4 is 5.32 Å². The van der Waals surface area contributed by atoms with E-state index in [0.29, 0.717) is 0 Å². The maximum atomic E-state index is 13.3. The van der Waals surface area contributed by atoms with Crippen LogP contribution in [-0.2, 0) is 9.84 Å². The van der Waals surface area contributed by atoms with Crippen molar-refractivity contribution >= 4 is 15.7 Å². The summed E-state index contributed by atoms with van der Waals surface area (Å²) in [5.41, 5.74) is -0.480. The van der Waals surface area contributed by atoms with Crippen LogP contribution in [0.4, 0.5) is 4.39 Å². The number of hydrogen-bond donors (Lipinski definition) is 2. The Labute approximate surface area is 105 Å². The molecule has 0 atom stereocenters. The van der Waals surface area contributed by atoms with Crippen LogP contribution in [-0.4, -0.2) is 37.5 Å². The molecule has 0 saturated heterocycles. The first kappa shape index (κ1) is 14.4. The Morgan fingerprint density at radius 1 is 1.44 bits per heavy atom. The van der Waals surface area contributed by atoms with Gasteiger partial charge in [0, 0.05) is 12.3 Å². The number of rotatable bonds is 5. The monoisotopic (exact) mass is 275 g/mol. The van der Waals surface area contributed by atoms with E-state index in [-0.39, 0.29) is 18.1 Å². The lowest BCUT2D eigenvalue weighted by molar-refractivity contribution is 0.0949. The minimum Gasteiger partial charge on any atom is -0.507 e. The van der Waals surface area contributed by atoms with Crippen LogP contribution in [0.25, 0.3) is 0 Å². The fourth-order valence-electron chi connectivity index (χ4n) is 1.29. The van der Waals surface area contributed by atoms with Crippen LogP contribution in [0.2, 0.25) is 0 Å². The van der Waals surface area contributed by atoms with Crippen molar-refractivity contribution in [2.75, 3.05) is 18.1 Å². The summed E-state index contributed by atoms with van der Waals surface area (Å²) in [6.45, 7) is 1.38. The summed E-state index contributed by atoms with van der Waals surface area (Å²) in [5.74, 6) is -2.41. The molecule has 0 aliphatic rings. The molecule has 1 amide bonds. The maximum Gasteiger partial charge on any atom is 0.258 e. The van der Waals surface area contributed by atoms with Crippen LogP contribution in [0.1, 0.15) is 17.3 Å². The van der Waals surface area contributed by atoms with Crippen LogP contribution in [0.3, 0.4) is 0 Å². The molecular formula is C11H14FNO4S. The Morgan fingerprint density at radius 2 is 2.11 bits per heavy atom. The van der Waals surface area contributed by atoms with Crippen LogP contribution in [0, 0.1) is 5.82 Å². The van der Waals surface area contributed by atoms with Gasteiger partial charge in [-0.05, 0) is 12.1 Å². The molecule has 0 saturated carbocycles. The summed E-state index contributed by atoms with van der Waals surface area (Å²) < 4.78 is 35.6. The molecule has 0 aromatic heterocycles. The van der Waals surface area contributed by atoms with E-state index in [1.54, 1.807) is 0 Å². The van der Waals surface area contributed by atoms with Crippen LogP contribution in [0.5, 0.6) is 5.75 Å². The van der Waals surface area contributed by atoms with E-state index in [4.69, 9.17) is 0 Å². The number of aromatic hydroxyl groups is 1. The number of carbonyl (C=O) groups excluding carboxylic acids is 1. The van der Waals surface area contributed by atoms with E-state index in [9.17, 15) is 22.7 Å². The molecule has 2 N–H and O–H groups in total. The van der Waals surface area contributed by atoms with Gasteiger partial charge in [0.1, 0.15) is 17.1 Å². The predicted molar refractivity (Wildman–Crippen MR) is 64.7 cm³/mol. The van der Waals surface area contributed by atoms with Crippen molar-refractivity contribution in [2.24, 2.45) is 0 Å². The highest BCUT2D eigenvalue weighted by atomic mass is 32.2. The number of hydrogen-bond acceptors (Lipinski definition) is 4. The third-order valence-electron chi connectivity index (χ3n) is 2.36. The van der Waals surface area contributed by atoms with Gasteiger partial charge in [-0.15, -0.1) is 0 Å². The molecule has 1 aromatic rings. The highest BCUT2D eigenvalue weighted by Gasteiger charge is 2.16. The van der Waals surface area contributed by atoms with Gasteiger partial charge in [-0.1, -0.05) is 13.0 Å². The molecule has 18 heavy (non-hydrogen) atoms. The van der Waals surface area contributed by atoms with Crippen LogP contribution >= 0.6 is 0 Å². The maximum absolute atomic E-state index is 13.3. The standard InChI is InChI=1S/C11H14FNO4S/c1-2-18(16,17)7-6-13-11(15)10-8(12)4-3-5-9(10)14/h3-5,14H,2,6-7H2,1H3,(H,13,15). The number of benzene rings is 1. The molecule has 0 fully saturated rings. The number of carbonyl (C=O) groups is 1. The molecule has 0 aliphatic heterocycles. The van der Waals surface area contributed by atoms with Gasteiger partial charge in [-0.3, -0.25) is 4.79 Å². The van der Waals surface area contributed by atoms with Crippen molar-refractivity contribution in [1.29, 1.82) is 0 Å². The van der Waals surface area contributed by atoms with E-state index in [0.717, 1.165) is 6.07 Å². The minimum atomic E-state index is -3.19. The van der Waals surface area contributed by atoms with Crippen molar-refractivity contribution in [3.8, 4) is 5.75 Å². The molecule has 0 radical (unpaired) electrons. The molecular weight excluding hydrogens is 261 g/mol. The van der Waals surface area contributed by atoms with Crippen molar-refractivity contribution in [2.45, 2.75) is 6.92 Å². The molecule has 7 heteroatoms. The van der Waals surface area contributed by atoms with Gasteiger partial charge in [-0.2, -0.15) is 0 Å². The summed E-state index contributed by atoms with van der Waals surface area (Å²) in [6, 6.07) is 3.49. The molecule has 0 bridgehead atoms. The van der Waals surface area contributed by atoms with E-state index in [1.807, 2.05) is 0 Å². The number of halogens is 1.